The summed E-state index contributed by atoms with van der Waals surface area (Å²) in [5.41, 5.74) is 3.51. The molecule has 3 aromatic rings. The fourth-order valence-corrected chi connectivity index (χ4v) is 4.96. The monoisotopic (exact) mass is 458 g/mol. The molecule has 0 radical (unpaired) electrons. The van der Waals surface area contributed by atoms with E-state index in [2.05, 4.69) is 15.7 Å². The van der Waals surface area contributed by atoms with Crippen LogP contribution in [-0.2, 0) is 19.9 Å². The topological polar surface area (TPSA) is 26.6 Å². The Kier molecular flexibility index (Phi) is 6.96. The van der Waals surface area contributed by atoms with E-state index in [1.807, 2.05) is 31.3 Å². The van der Waals surface area contributed by atoms with Crippen molar-refractivity contribution in [2.75, 3.05) is 26.8 Å². The number of ether oxygens (including phenoxy) is 2. The number of halogens is 2. The Morgan fingerprint density at radius 2 is 2.06 bits per heavy atom. The lowest BCUT2D eigenvalue weighted by molar-refractivity contribution is 0.112. The van der Waals surface area contributed by atoms with Gasteiger partial charge in [-0.1, -0.05) is 6.07 Å². The second kappa shape index (κ2) is 9.72. The van der Waals surface area contributed by atoms with Crippen molar-refractivity contribution in [1.29, 1.82) is 0 Å². The van der Waals surface area contributed by atoms with Crippen LogP contribution in [0.3, 0.4) is 0 Å². The number of rotatable bonds is 8. The highest BCUT2D eigenvalue weighted by Crippen LogP contribution is 2.36. The third-order valence-electron chi connectivity index (χ3n) is 6.81. The molecule has 1 saturated carbocycles. The van der Waals surface area contributed by atoms with E-state index in [-0.39, 0.29) is 18.2 Å². The fraction of sp³-hybridized carbons (Fsp3) is 0.462. The Bertz CT molecular complexity index is 1060. The normalized spacial score (nSPS) is 17.7. The molecule has 1 aliphatic heterocycles. The number of aryl methyl sites for hydroxylation is 2. The molecule has 1 unspecified atom stereocenters. The van der Waals surface area contributed by atoms with Crippen LogP contribution in [0.25, 0.3) is 10.9 Å². The van der Waals surface area contributed by atoms with Crippen LogP contribution in [-0.4, -0.2) is 42.3 Å². The zero-order valence-electron chi connectivity index (χ0n) is 18.9. The summed E-state index contributed by atoms with van der Waals surface area (Å²) >= 11 is 0. The molecular weight excluding hydrogens is 427 g/mol. The number of fused-ring (bicyclic) bond motifs is 2. The highest BCUT2D eigenvalue weighted by atomic mass is 35.5. The van der Waals surface area contributed by atoms with Gasteiger partial charge in [-0.2, -0.15) is 0 Å². The SMILES string of the molecule is COc1cccc2c1CC(N(CCCc1cn(C)c3ccc(F)cc13)CC1CC1)CO2.Cl. The quantitative estimate of drug-likeness (QED) is 0.452. The molecule has 1 aromatic heterocycles. The van der Waals surface area contributed by atoms with Crippen LogP contribution in [0.5, 0.6) is 11.5 Å². The predicted molar refractivity (Wildman–Crippen MR) is 129 cm³/mol. The van der Waals surface area contributed by atoms with Crippen LogP contribution >= 0.6 is 12.4 Å². The first kappa shape index (κ1) is 22.9. The summed E-state index contributed by atoms with van der Waals surface area (Å²) in [6, 6.07) is 11.5. The lowest BCUT2D eigenvalue weighted by Gasteiger charge is -2.35. The summed E-state index contributed by atoms with van der Waals surface area (Å²) in [4.78, 5) is 2.62. The van der Waals surface area contributed by atoms with Crippen LogP contribution in [0, 0.1) is 11.7 Å². The Hall–Kier alpha value is -2.24. The summed E-state index contributed by atoms with van der Waals surface area (Å²) in [6.45, 7) is 2.90. The van der Waals surface area contributed by atoms with Gasteiger partial charge in [0.1, 0.15) is 23.9 Å². The number of nitrogens with zero attached hydrogens (tertiary/aromatic N) is 2. The van der Waals surface area contributed by atoms with Gasteiger partial charge in [0.15, 0.2) is 0 Å². The Morgan fingerprint density at radius 3 is 2.84 bits per heavy atom. The van der Waals surface area contributed by atoms with Crippen molar-refractivity contribution in [1.82, 2.24) is 9.47 Å². The molecular formula is C26H32ClFN2O2. The van der Waals surface area contributed by atoms with Gasteiger partial charge in [-0.15, -0.1) is 12.4 Å². The number of hydrogen-bond donors (Lipinski definition) is 0. The van der Waals surface area contributed by atoms with Gasteiger partial charge < -0.3 is 14.0 Å². The molecule has 1 fully saturated rings. The molecule has 1 aliphatic carbocycles. The van der Waals surface area contributed by atoms with Gasteiger partial charge in [0, 0.05) is 42.3 Å². The maximum Gasteiger partial charge on any atom is 0.126 e. The van der Waals surface area contributed by atoms with Gasteiger partial charge in [0.2, 0.25) is 0 Å². The van der Waals surface area contributed by atoms with Crippen LogP contribution < -0.4 is 9.47 Å². The molecule has 0 saturated heterocycles. The molecule has 2 aromatic carbocycles. The van der Waals surface area contributed by atoms with Crippen molar-refractivity contribution in [3.8, 4) is 11.5 Å². The molecule has 2 aliphatic rings. The van der Waals surface area contributed by atoms with Crippen LogP contribution in [0.15, 0.2) is 42.6 Å². The van der Waals surface area contributed by atoms with Gasteiger partial charge >= 0.3 is 0 Å². The van der Waals surface area contributed by atoms with Gasteiger partial charge in [-0.25, -0.2) is 4.39 Å². The number of benzene rings is 2. The van der Waals surface area contributed by atoms with Gasteiger partial charge in [-0.3, -0.25) is 4.90 Å². The van der Waals surface area contributed by atoms with E-state index >= 15 is 0 Å². The van der Waals surface area contributed by atoms with E-state index in [4.69, 9.17) is 9.47 Å². The Balaban J connectivity index is 0.00000245. The molecule has 32 heavy (non-hydrogen) atoms. The molecule has 2 heterocycles. The fourth-order valence-electron chi connectivity index (χ4n) is 4.96. The van der Waals surface area contributed by atoms with E-state index in [0.29, 0.717) is 6.04 Å². The molecule has 5 rings (SSSR count). The van der Waals surface area contributed by atoms with E-state index < -0.39 is 0 Å². The second-order valence-electron chi connectivity index (χ2n) is 9.07. The Morgan fingerprint density at radius 1 is 1.22 bits per heavy atom. The summed E-state index contributed by atoms with van der Waals surface area (Å²) in [5.74, 6) is 2.54. The number of hydrogen-bond acceptors (Lipinski definition) is 3. The Labute approximate surface area is 195 Å². The largest absolute Gasteiger partial charge is 0.496 e. The third-order valence-corrected chi connectivity index (χ3v) is 6.81. The van der Waals surface area contributed by atoms with Crippen LogP contribution in [0.1, 0.15) is 30.4 Å². The minimum Gasteiger partial charge on any atom is -0.496 e. The second-order valence-corrected chi connectivity index (χ2v) is 9.07. The first-order valence-electron chi connectivity index (χ1n) is 11.4. The highest BCUT2D eigenvalue weighted by Gasteiger charge is 2.31. The van der Waals surface area contributed by atoms with Crippen molar-refractivity contribution in [3.05, 3.63) is 59.5 Å². The van der Waals surface area contributed by atoms with E-state index in [9.17, 15) is 4.39 Å². The summed E-state index contributed by atoms with van der Waals surface area (Å²) in [6.07, 6.45) is 7.80. The zero-order valence-corrected chi connectivity index (χ0v) is 19.7. The average Bonchev–Trinajstić information content (AvgIpc) is 3.55. The van der Waals surface area contributed by atoms with Crippen molar-refractivity contribution < 1.29 is 13.9 Å². The molecule has 0 bridgehead atoms. The smallest absolute Gasteiger partial charge is 0.126 e. The maximum atomic E-state index is 13.8. The van der Waals surface area contributed by atoms with Crippen molar-refractivity contribution in [3.63, 3.8) is 0 Å². The minimum absolute atomic E-state index is 0. The van der Waals surface area contributed by atoms with E-state index in [0.717, 1.165) is 67.3 Å². The maximum absolute atomic E-state index is 13.8. The first-order chi connectivity index (χ1) is 15.1. The molecule has 1 atom stereocenters. The molecule has 0 amide bonds. The number of aromatic nitrogens is 1. The third kappa shape index (κ3) is 4.74. The lowest BCUT2D eigenvalue weighted by Crippen LogP contribution is -2.44. The average molecular weight is 459 g/mol. The van der Waals surface area contributed by atoms with Gasteiger partial charge in [0.25, 0.3) is 0 Å². The van der Waals surface area contributed by atoms with Gasteiger partial charge in [-0.05, 0) is 80.5 Å². The molecule has 4 nitrogen and oxygen atoms in total. The summed E-state index contributed by atoms with van der Waals surface area (Å²) < 4.78 is 27.6. The molecule has 6 heteroatoms. The van der Waals surface area contributed by atoms with Crippen LogP contribution in [0.4, 0.5) is 4.39 Å². The van der Waals surface area contributed by atoms with Crippen molar-refractivity contribution in [2.24, 2.45) is 13.0 Å². The lowest BCUT2D eigenvalue weighted by atomic mass is 9.99. The minimum atomic E-state index is -0.165. The van der Waals surface area contributed by atoms with E-state index in [1.54, 1.807) is 19.2 Å². The van der Waals surface area contributed by atoms with Crippen molar-refractivity contribution >= 4 is 23.3 Å². The predicted octanol–water partition coefficient (Wildman–Crippen LogP) is 5.40. The molecule has 172 valence electrons. The van der Waals surface area contributed by atoms with Gasteiger partial charge in [0.05, 0.1) is 7.11 Å². The standard InChI is InChI=1S/C26H31FN2O2.ClH/c1-28-16-19(22-13-20(27)10-11-24(22)28)5-4-12-29(15-18-8-9-18)21-14-23-25(30-2)6-3-7-26(23)31-17-21;/h3,6-7,10-11,13,16,18,21H,4-5,8-9,12,14-15,17H2,1-2H3;1H. The molecule has 0 N–H and O–H groups in total. The number of methoxy groups -OCH3 is 1. The first-order valence-corrected chi connectivity index (χ1v) is 11.4. The van der Waals surface area contributed by atoms with Crippen molar-refractivity contribution in [2.45, 2.75) is 38.1 Å². The highest BCUT2D eigenvalue weighted by molar-refractivity contribution is 5.85. The van der Waals surface area contributed by atoms with E-state index in [1.165, 1.54) is 24.0 Å². The summed E-state index contributed by atoms with van der Waals surface area (Å²) in [5, 5.41) is 1.04. The molecule has 0 spiro atoms. The zero-order chi connectivity index (χ0) is 21.4. The van der Waals surface area contributed by atoms with Crippen LogP contribution in [0.2, 0.25) is 0 Å². The summed E-state index contributed by atoms with van der Waals surface area (Å²) in [7, 11) is 3.77.